The molecule has 0 aromatic carbocycles. The molecule has 0 aromatic heterocycles. The van der Waals surface area contributed by atoms with Gasteiger partial charge in [0.1, 0.15) is 0 Å². The van der Waals surface area contributed by atoms with Crippen molar-refractivity contribution in [3.05, 3.63) is 0 Å². The van der Waals surface area contributed by atoms with Crippen LogP contribution < -0.4 is 0 Å². The molecule has 10 rings (SSSR count). The summed E-state index contributed by atoms with van der Waals surface area (Å²) in [6, 6.07) is 0. The molecule has 1 heteroatoms. The van der Waals surface area contributed by atoms with Crippen molar-refractivity contribution in [3.63, 3.8) is 0 Å². The van der Waals surface area contributed by atoms with Gasteiger partial charge in [-0.2, -0.15) is 0 Å². The summed E-state index contributed by atoms with van der Waals surface area (Å²) in [4.78, 5) is 7.27. The van der Waals surface area contributed by atoms with Crippen molar-refractivity contribution in [1.29, 1.82) is 0 Å². The van der Waals surface area contributed by atoms with Crippen LogP contribution in [0, 0.1) is 0 Å². The van der Waals surface area contributed by atoms with Crippen LogP contribution >= 0.6 is 0 Å². The molecule has 148 valence electrons. The van der Waals surface area contributed by atoms with Crippen LogP contribution in [0.5, 0.6) is 0 Å². The van der Waals surface area contributed by atoms with E-state index in [0.29, 0.717) is 0 Å². The quantitative estimate of drug-likeness (QED) is 0.323. The third-order valence-electron chi connectivity index (χ3n) is 19.9. The van der Waals surface area contributed by atoms with E-state index in [4.69, 9.17) is 0 Å². The number of fused-ring (bicyclic) bond motifs is 10. The fourth-order valence-corrected chi connectivity index (χ4v) is 113. The van der Waals surface area contributed by atoms with Gasteiger partial charge in [-0.1, -0.05) is 0 Å². The van der Waals surface area contributed by atoms with Gasteiger partial charge in [0.15, 0.2) is 0 Å². The first-order valence-corrected chi connectivity index (χ1v) is 18.6. The predicted molar refractivity (Wildman–Crippen MR) is 107 cm³/mol. The second kappa shape index (κ2) is 1.52. The van der Waals surface area contributed by atoms with E-state index in [1.54, 1.807) is 32.1 Å². The molecule has 10 aliphatic rings. The Morgan fingerprint density at radius 1 is 0.577 bits per heavy atom. The predicted octanol–water partition coefficient (Wildman–Crippen LogP) is 9.23. The number of hydrogen-bond acceptors (Lipinski definition) is 0. The second-order valence-electron chi connectivity index (χ2n) is 14.5. The number of hydrogen-bond donors (Lipinski definition) is 0. The Kier molecular flexibility index (Phi) is 0.799. The van der Waals surface area contributed by atoms with E-state index in [9.17, 15) is 0 Å². The Hall–Kier alpha value is 0.519. The first-order chi connectivity index (χ1) is 12.4. The minimum atomic E-state index is -3.56. The van der Waals surface area contributed by atoms with Crippen LogP contribution in [0.15, 0.2) is 0 Å². The van der Waals surface area contributed by atoms with Gasteiger partial charge in [0.25, 0.3) is 0 Å². The van der Waals surface area contributed by atoms with Crippen molar-refractivity contribution in [3.8, 4) is 0 Å². The molecular weight excluding hydrogens is 356 g/mol. The van der Waals surface area contributed by atoms with E-state index in [1.165, 1.54) is 56.2 Å². The molecular formula is C25H40Fe. The van der Waals surface area contributed by atoms with Crippen LogP contribution in [-0.4, -0.2) is 0 Å². The molecule has 0 aliphatic carbocycles. The van der Waals surface area contributed by atoms with Crippen LogP contribution in [0.1, 0.15) is 98.8 Å². The van der Waals surface area contributed by atoms with Gasteiger partial charge in [-0.15, -0.1) is 0 Å². The molecule has 0 saturated carbocycles. The molecule has 1 spiro atoms. The van der Waals surface area contributed by atoms with Gasteiger partial charge in [-0.25, -0.2) is 0 Å². The van der Waals surface area contributed by atoms with Crippen LogP contribution in [0.2, 0.25) is 45.6 Å². The molecule has 10 heterocycles. The van der Waals surface area contributed by atoms with Crippen molar-refractivity contribution in [2.45, 2.75) is 144 Å². The molecule has 0 N–H and O–H groups in total. The van der Waals surface area contributed by atoms with E-state index in [-0.39, 0.29) is 0 Å². The Morgan fingerprint density at radius 3 is 1.35 bits per heavy atom. The zero-order chi connectivity index (χ0) is 17.8. The summed E-state index contributed by atoms with van der Waals surface area (Å²) < 4.78 is 5.38. The average Bonchev–Trinajstić information content (AvgIpc) is 3.57. The van der Waals surface area contributed by atoms with Crippen molar-refractivity contribution in [2.75, 3.05) is 0 Å². The second-order valence-corrected chi connectivity index (χ2v) is 37.3. The molecule has 8 atom stereocenters. The molecule has 10 fully saturated rings. The van der Waals surface area contributed by atoms with Gasteiger partial charge in [-0.3, -0.25) is 0 Å². The summed E-state index contributed by atoms with van der Waals surface area (Å²) in [7, 11) is 0. The van der Waals surface area contributed by atoms with E-state index < -0.39 is 6.51 Å². The Balaban J connectivity index is 1.46. The normalized spacial score (nSPS) is 93.7. The van der Waals surface area contributed by atoms with E-state index >= 15 is 0 Å². The molecule has 10 aliphatic heterocycles. The number of rotatable bonds is 10. The van der Waals surface area contributed by atoms with E-state index in [1.807, 2.05) is 0 Å². The van der Waals surface area contributed by atoms with Crippen LogP contribution in [0.4, 0.5) is 0 Å². The van der Waals surface area contributed by atoms with Crippen molar-refractivity contribution in [2.24, 2.45) is 0 Å². The first kappa shape index (κ1) is 13.7. The molecule has 0 amide bonds. The minimum absolute atomic E-state index is 1.06. The first-order valence-electron chi connectivity index (χ1n) is 12.6. The Morgan fingerprint density at radius 2 is 1.00 bits per heavy atom. The van der Waals surface area contributed by atoms with Gasteiger partial charge in [0.05, 0.1) is 0 Å². The summed E-state index contributed by atoms with van der Waals surface area (Å²) in [5.41, 5.74) is 0. The monoisotopic (exact) mass is 396 g/mol. The van der Waals surface area contributed by atoms with Crippen molar-refractivity contribution >= 4 is 0 Å². The average molecular weight is 396 g/mol. The van der Waals surface area contributed by atoms with Crippen molar-refractivity contribution < 1.29 is 6.51 Å². The zero-order valence-corrected chi connectivity index (χ0v) is 18.9. The van der Waals surface area contributed by atoms with Crippen LogP contribution in [-0.2, 0) is 6.51 Å². The molecule has 26 heavy (non-hydrogen) atoms. The maximum absolute atomic E-state index is 3.56. The van der Waals surface area contributed by atoms with Gasteiger partial charge in [0.2, 0.25) is 0 Å². The molecule has 0 aromatic rings. The molecule has 10 saturated heterocycles. The van der Waals surface area contributed by atoms with Crippen LogP contribution in [0.25, 0.3) is 0 Å². The van der Waals surface area contributed by atoms with Crippen molar-refractivity contribution in [1.82, 2.24) is 0 Å². The Bertz CT molecular complexity index is 1220. The van der Waals surface area contributed by atoms with Gasteiger partial charge in [0, 0.05) is 0 Å². The summed E-state index contributed by atoms with van der Waals surface area (Å²) in [5.74, 6) is 0. The topological polar surface area (TPSA) is 0 Å². The van der Waals surface area contributed by atoms with Crippen LogP contribution in [0.3, 0.4) is 0 Å². The summed E-state index contributed by atoms with van der Waals surface area (Å²) in [6.07, 6.45) is 16.3. The van der Waals surface area contributed by atoms with Gasteiger partial charge in [-0.05, 0) is 0 Å². The third kappa shape index (κ3) is 0.163. The summed E-state index contributed by atoms with van der Waals surface area (Å²) in [5, 5.41) is 0. The van der Waals surface area contributed by atoms with E-state index in [2.05, 4.69) is 34.6 Å². The third-order valence-corrected chi connectivity index (χ3v) is 67.2. The fourth-order valence-electron chi connectivity index (χ4n) is 25.4. The fraction of sp³-hybridized carbons (Fsp3) is 1.00. The Labute approximate surface area is 150 Å². The molecule has 0 radical (unpaired) electrons. The molecule has 0 nitrogen and oxygen atoms in total. The zero-order valence-electron chi connectivity index (χ0n) is 17.8. The SMILES string of the molecule is CCC[C]12[CH]3[CH]4[CH]5[CH]1[Fe]45321678[CH]2[C]1(CCC)[C]6(CCC)[C]7(CCC)[C]28CCC. The summed E-state index contributed by atoms with van der Waals surface area (Å²) in [6.45, 7) is 9.28. The standard InChI is InChI=1S/C17H29.C8H11.Fe/c1-5-9-14-13-15(10-6-2)17(12-8-4)16(14)11-7-3;1-2-5-8-6-3-4-7-8;/h13H,5-12H2,1-4H3;3-4,6-7H,2,5H2,1H3;. The molecule has 0 bridgehead atoms. The van der Waals surface area contributed by atoms with E-state index in [0.717, 1.165) is 21.6 Å². The molecule has 8 unspecified atom stereocenters. The van der Waals surface area contributed by atoms with Gasteiger partial charge >= 0.3 is 151 Å². The summed E-state index contributed by atoms with van der Waals surface area (Å²) >= 11 is 0. The van der Waals surface area contributed by atoms with Gasteiger partial charge < -0.3 is 0 Å². The maximum atomic E-state index is 2.57.